The van der Waals surface area contributed by atoms with Gasteiger partial charge in [-0.05, 0) is 30.0 Å². The van der Waals surface area contributed by atoms with Gasteiger partial charge in [-0.3, -0.25) is 24.5 Å². The minimum absolute atomic E-state index is 0.0451. The first-order valence-electron chi connectivity index (χ1n) is 9.01. The van der Waals surface area contributed by atoms with Crippen molar-refractivity contribution in [3.63, 3.8) is 0 Å². The van der Waals surface area contributed by atoms with Crippen LogP contribution in [0.1, 0.15) is 53.0 Å². The molecule has 2 aliphatic rings. The third-order valence-electron chi connectivity index (χ3n) is 5.05. The van der Waals surface area contributed by atoms with E-state index in [0.29, 0.717) is 11.1 Å². The highest BCUT2D eigenvalue weighted by atomic mass is 16.4. The number of carbonyl (C=O) groups excluding carboxylic acids is 4. The first kappa shape index (κ1) is 19.5. The number of carboxylic acid groups (broad SMARTS) is 1. The molecule has 2 heterocycles. The highest BCUT2D eigenvalue weighted by Gasteiger charge is 2.40. The molecule has 28 heavy (non-hydrogen) atoms. The summed E-state index contributed by atoms with van der Waals surface area (Å²) in [5.41, 5.74) is 0.948. The van der Waals surface area contributed by atoms with E-state index in [1.54, 1.807) is 26.0 Å². The number of carboxylic acids is 1. The second-order valence-corrected chi connectivity index (χ2v) is 7.27. The van der Waals surface area contributed by atoms with E-state index >= 15 is 0 Å². The van der Waals surface area contributed by atoms with Crippen LogP contribution >= 0.6 is 0 Å². The largest absolute Gasteiger partial charge is 0.480 e. The molecule has 1 aromatic carbocycles. The van der Waals surface area contributed by atoms with Gasteiger partial charge >= 0.3 is 5.97 Å². The molecule has 3 N–H and O–H groups in total. The molecule has 2 aliphatic heterocycles. The van der Waals surface area contributed by atoms with Crippen LogP contribution in [0.25, 0.3) is 0 Å². The number of benzene rings is 1. The van der Waals surface area contributed by atoms with Crippen LogP contribution in [0.3, 0.4) is 0 Å². The van der Waals surface area contributed by atoms with E-state index < -0.39 is 35.8 Å². The fourth-order valence-electron chi connectivity index (χ4n) is 3.53. The predicted molar refractivity (Wildman–Crippen MR) is 96.2 cm³/mol. The van der Waals surface area contributed by atoms with Gasteiger partial charge in [0.2, 0.25) is 11.8 Å². The Morgan fingerprint density at radius 2 is 1.96 bits per heavy atom. The second kappa shape index (κ2) is 7.41. The Labute approximate surface area is 161 Å². The lowest BCUT2D eigenvalue weighted by Gasteiger charge is -2.29. The number of amides is 4. The van der Waals surface area contributed by atoms with Crippen molar-refractivity contribution in [1.82, 2.24) is 15.5 Å². The average molecular weight is 387 g/mol. The maximum atomic E-state index is 12.8. The molecule has 0 aromatic heterocycles. The van der Waals surface area contributed by atoms with Crippen molar-refractivity contribution in [2.24, 2.45) is 5.92 Å². The molecule has 9 heteroatoms. The lowest BCUT2D eigenvalue weighted by Crippen LogP contribution is -2.52. The fourth-order valence-corrected chi connectivity index (χ4v) is 3.53. The SMILES string of the molecule is CC(C)[C@@H](NC(=O)c1cccc2c1CN(C1CCC(=O)NC1=O)C2=O)C(=O)O. The fraction of sp³-hybridized carbons (Fsp3) is 0.421. The molecule has 0 radical (unpaired) electrons. The highest BCUT2D eigenvalue weighted by molar-refractivity contribution is 6.08. The van der Waals surface area contributed by atoms with E-state index in [0.717, 1.165) is 0 Å². The van der Waals surface area contributed by atoms with Gasteiger partial charge in [-0.1, -0.05) is 19.9 Å². The van der Waals surface area contributed by atoms with E-state index in [2.05, 4.69) is 10.6 Å². The Morgan fingerprint density at radius 3 is 2.57 bits per heavy atom. The van der Waals surface area contributed by atoms with E-state index in [1.807, 2.05) is 0 Å². The van der Waals surface area contributed by atoms with Crippen molar-refractivity contribution in [2.45, 2.75) is 45.3 Å². The Balaban J connectivity index is 1.86. The topological polar surface area (TPSA) is 133 Å². The standard InChI is InChI=1S/C19H21N3O6/c1-9(2)15(19(27)28)21-16(24)10-4-3-5-11-12(10)8-22(18(11)26)13-6-7-14(23)20-17(13)25/h3-5,9,13,15H,6-8H2,1-2H3,(H,21,24)(H,27,28)(H,20,23,25)/t13?,15-/m1/s1. The zero-order valence-electron chi connectivity index (χ0n) is 15.5. The third kappa shape index (κ3) is 3.47. The van der Waals surface area contributed by atoms with Crippen LogP contribution in [-0.2, 0) is 20.9 Å². The summed E-state index contributed by atoms with van der Waals surface area (Å²) in [6.45, 7) is 3.41. The molecule has 1 aromatic rings. The summed E-state index contributed by atoms with van der Waals surface area (Å²) in [6, 6.07) is 2.79. The number of hydrogen-bond donors (Lipinski definition) is 3. The molecule has 2 atom stereocenters. The molecule has 3 rings (SSSR count). The van der Waals surface area contributed by atoms with Gasteiger partial charge in [0.1, 0.15) is 12.1 Å². The quantitative estimate of drug-likeness (QED) is 0.622. The average Bonchev–Trinajstić information content (AvgIpc) is 2.95. The van der Waals surface area contributed by atoms with Crippen LogP contribution in [0.15, 0.2) is 18.2 Å². The number of aliphatic carboxylic acids is 1. The van der Waals surface area contributed by atoms with Crippen molar-refractivity contribution >= 4 is 29.6 Å². The molecule has 9 nitrogen and oxygen atoms in total. The van der Waals surface area contributed by atoms with Gasteiger partial charge in [0.25, 0.3) is 11.8 Å². The van der Waals surface area contributed by atoms with E-state index in [4.69, 9.17) is 0 Å². The minimum Gasteiger partial charge on any atom is -0.480 e. The highest BCUT2D eigenvalue weighted by Crippen LogP contribution is 2.30. The van der Waals surface area contributed by atoms with Crippen molar-refractivity contribution in [2.75, 3.05) is 0 Å². The summed E-state index contributed by atoms with van der Waals surface area (Å²) < 4.78 is 0. The van der Waals surface area contributed by atoms with Gasteiger partial charge < -0.3 is 15.3 Å². The van der Waals surface area contributed by atoms with Gasteiger partial charge in [0.05, 0.1) is 0 Å². The summed E-state index contributed by atoms with van der Waals surface area (Å²) >= 11 is 0. The number of carbonyl (C=O) groups is 5. The zero-order chi connectivity index (χ0) is 20.6. The molecule has 0 spiro atoms. The van der Waals surface area contributed by atoms with Crippen LogP contribution in [0.2, 0.25) is 0 Å². The minimum atomic E-state index is -1.14. The predicted octanol–water partition coefficient (Wildman–Crippen LogP) is 0.287. The molecule has 1 unspecified atom stereocenters. The van der Waals surface area contributed by atoms with Crippen molar-refractivity contribution < 1.29 is 29.1 Å². The van der Waals surface area contributed by atoms with Gasteiger partial charge in [-0.2, -0.15) is 0 Å². The van der Waals surface area contributed by atoms with Gasteiger partial charge in [-0.15, -0.1) is 0 Å². The van der Waals surface area contributed by atoms with Gasteiger partial charge in [0, 0.05) is 24.1 Å². The van der Waals surface area contributed by atoms with Crippen LogP contribution in [0.4, 0.5) is 0 Å². The summed E-state index contributed by atoms with van der Waals surface area (Å²) in [6.07, 6.45) is 0.360. The molecule has 0 bridgehead atoms. The van der Waals surface area contributed by atoms with E-state index in [-0.39, 0.29) is 36.8 Å². The number of piperidine rings is 1. The third-order valence-corrected chi connectivity index (χ3v) is 5.05. The molecule has 1 fully saturated rings. The molecule has 0 saturated carbocycles. The summed E-state index contributed by atoms with van der Waals surface area (Å²) in [5, 5.41) is 14.0. The van der Waals surface area contributed by atoms with Gasteiger partial charge in [0.15, 0.2) is 0 Å². The monoisotopic (exact) mass is 387 g/mol. The number of rotatable bonds is 5. The van der Waals surface area contributed by atoms with Crippen LogP contribution in [0.5, 0.6) is 0 Å². The van der Waals surface area contributed by atoms with Crippen molar-refractivity contribution in [3.8, 4) is 0 Å². The van der Waals surface area contributed by atoms with Crippen LogP contribution in [-0.4, -0.2) is 51.7 Å². The Kier molecular flexibility index (Phi) is 5.17. The number of fused-ring (bicyclic) bond motifs is 1. The van der Waals surface area contributed by atoms with Crippen LogP contribution < -0.4 is 10.6 Å². The van der Waals surface area contributed by atoms with Crippen LogP contribution in [0, 0.1) is 5.92 Å². The molecule has 0 aliphatic carbocycles. The molecular weight excluding hydrogens is 366 g/mol. The smallest absolute Gasteiger partial charge is 0.326 e. The summed E-state index contributed by atoms with van der Waals surface area (Å²) in [7, 11) is 0. The van der Waals surface area contributed by atoms with Crippen molar-refractivity contribution in [1.29, 1.82) is 0 Å². The molecular formula is C19H21N3O6. The second-order valence-electron chi connectivity index (χ2n) is 7.27. The maximum absolute atomic E-state index is 12.8. The van der Waals surface area contributed by atoms with Crippen molar-refractivity contribution in [3.05, 3.63) is 34.9 Å². The number of nitrogens with zero attached hydrogens (tertiary/aromatic N) is 1. The first-order valence-corrected chi connectivity index (χ1v) is 9.01. The summed E-state index contributed by atoms with van der Waals surface area (Å²) in [4.78, 5) is 61.7. The van der Waals surface area contributed by atoms with E-state index in [1.165, 1.54) is 11.0 Å². The lowest BCUT2D eigenvalue weighted by molar-refractivity contribution is -0.140. The maximum Gasteiger partial charge on any atom is 0.326 e. The zero-order valence-corrected chi connectivity index (χ0v) is 15.5. The first-order chi connectivity index (χ1) is 13.2. The number of nitrogens with one attached hydrogen (secondary N) is 2. The lowest BCUT2D eigenvalue weighted by atomic mass is 10.0. The number of hydrogen-bond acceptors (Lipinski definition) is 5. The normalized spacial score (nSPS) is 20.0. The number of imide groups is 1. The van der Waals surface area contributed by atoms with Gasteiger partial charge in [-0.25, -0.2) is 4.79 Å². The summed E-state index contributed by atoms with van der Waals surface area (Å²) in [5.74, 6) is -3.35. The Hall–Kier alpha value is -3.23. The molecule has 148 valence electrons. The van der Waals surface area contributed by atoms with E-state index in [9.17, 15) is 29.1 Å². The molecule has 4 amide bonds. The Morgan fingerprint density at radius 1 is 1.25 bits per heavy atom. The Bertz CT molecular complexity index is 878. The molecule has 1 saturated heterocycles.